The standard InChI is InChI=1S/C13H21N3O3/c1-13(2,3)10-7-11(16-19-10)15-12(17)14-8-9-5-4-6-18-9/h7,9H,4-6,8H2,1-3H3,(H2,14,15,16,17). The minimum absolute atomic E-state index is 0.124. The monoisotopic (exact) mass is 267 g/mol. The van der Waals surface area contributed by atoms with Crippen LogP contribution in [0.5, 0.6) is 0 Å². The Morgan fingerprint density at radius 1 is 1.53 bits per heavy atom. The van der Waals surface area contributed by atoms with Gasteiger partial charge < -0.3 is 14.6 Å². The molecule has 6 nitrogen and oxygen atoms in total. The number of hydrogen-bond acceptors (Lipinski definition) is 4. The van der Waals surface area contributed by atoms with E-state index in [4.69, 9.17) is 9.26 Å². The van der Waals surface area contributed by atoms with Crippen LogP contribution in [0.3, 0.4) is 0 Å². The lowest BCUT2D eigenvalue weighted by Gasteiger charge is -2.12. The van der Waals surface area contributed by atoms with Crippen molar-refractivity contribution in [2.24, 2.45) is 0 Å². The van der Waals surface area contributed by atoms with Gasteiger partial charge in [-0.3, -0.25) is 5.32 Å². The molecule has 0 radical (unpaired) electrons. The van der Waals surface area contributed by atoms with Gasteiger partial charge in [0.25, 0.3) is 0 Å². The van der Waals surface area contributed by atoms with Crippen LogP contribution in [0.1, 0.15) is 39.4 Å². The van der Waals surface area contributed by atoms with E-state index in [-0.39, 0.29) is 17.6 Å². The summed E-state index contributed by atoms with van der Waals surface area (Å²) in [5.41, 5.74) is -0.124. The summed E-state index contributed by atoms with van der Waals surface area (Å²) in [6.45, 7) is 7.38. The Morgan fingerprint density at radius 2 is 2.32 bits per heavy atom. The number of anilines is 1. The van der Waals surface area contributed by atoms with Gasteiger partial charge in [0, 0.05) is 24.6 Å². The van der Waals surface area contributed by atoms with Crippen molar-refractivity contribution in [2.75, 3.05) is 18.5 Å². The number of urea groups is 1. The number of hydrogen-bond donors (Lipinski definition) is 2. The summed E-state index contributed by atoms with van der Waals surface area (Å²) in [5.74, 6) is 1.16. The van der Waals surface area contributed by atoms with Crippen molar-refractivity contribution >= 4 is 11.8 Å². The zero-order valence-corrected chi connectivity index (χ0v) is 11.7. The van der Waals surface area contributed by atoms with Crippen LogP contribution in [-0.4, -0.2) is 30.4 Å². The van der Waals surface area contributed by atoms with Gasteiger partial charge in [0.15, 0.2) is 5.82 Å². The number of nitrogens with zero attached hydrogens (tertiary/aromatic N) is 1. The Morgan fingerprint density at radius 3 is 2.89 bits per heavy atom. The summed E-state index contributed by atoms with van der Waals surface area (Å²) in [6, 6.07) is 1.45. The van der Waals surface area contributed by atoms with Crippen LogP contribution in [0.25, 0.3) is 0 Å². The van der Waals surface area contributed by atoms with E-state index in [9.17, 15) is 4.79 Å². The Labute approximate surface area is 112 Å². The van der Waals surface area contributed by atoms with Crippen molar-refractivity contribution in [1.29, 1.82) is 0 Å². The first-order valence-electron chi connectivity index (χ1n) is 6.59. The van der Waals surface area contributed by atoms with Crippen molar-refractivity contribution in [3.05, 3.63) is 11.8 Å². The lowest BCUT2D eigenvalue weighted by molar-refractivity contribution is 0.112. The summed E-state index contributed by atoms with van der Waals surface area (Å²) in [7, 11) is 0. The van der Waals surface area contributed by atoms with E-state index in [1.54, 1.807) is 6.07 Å². The smallest absolute Gasteiger partial charge is 0.320 e. The van der Waals surface area contributed by atoms with Crippen LogP contribution in [0.15, 0.2) is 10.6 Å². The highest BCUT2D eigenvalue weighted by Crippen LogP contribution is 2.24. The van der Waals surface area contributed by atoms with Crippen molar-refractivity contribution in [1.82, 2.24) is 10.5 Å². The molecule has 106 valence electrons. The number of nitrogens with one attached hydrogen (secondary N) is 2. The highest BCUT2D eigenvalue weighted by atomic mass is 16.5. The lowest BCUT2D eigenvalue weighted by atomic mass is 9.93. The Kier molecular flexibility index (Phi) is 4.09. The molecule has 2 N–H and O–H groups in total. The molecule has 1 saturated heterocycles. The summed E-state index contributed by atoms with van der Waals surface area (Å²) in [5, 5.41) is 9.24. The molecule has 1 aromatic rings. The first-order chi connectivity index (χ1) is 8.95. The molecule has 2 rings (SSSR count). The number of ether oxygens (including phenoxy) is 1. The van der Waals surface area contributed by atoms with E-state index in [0.29, 0.717) is 12.4 Å². The maximum atomic E-state index is 11.7. The van der Waals surface area contributed by atoms with Crippen molar-refractivity contribution in [3.63, 3.8) is 0 Å². The number of rotatable bonds is 3. The van der Waals surface area contributed by atoms with Gasteiger partial charge >= 0.3 is 6.03 Å². The third-order valence-corrected chi connectivity index (χ3v) is 3.01. The van der Waals surface area contributed by atoms with E-state index in [1.165, 1.54) is 0 Å². The molecular formula is C13H21N3O3. The highest BCUT2D eigenvalue weighted by Gasteiger charge is 2.21. The molecular weight excluding hydrogens is 246 g/mol. The van der Waals surface area contributed by atoms with Gasteiger partial charge in [-0.25, -0.2) is 4.79 Å². The minimum Gasteiger partial charge on any atom is -0.376 e. The summed E-state index contributed by atoms with van der Waals surface area (Å²) in [4.78, 5) is 11.7. The van der Waals surface area contributed by atoms with Crippen LogP contribution < -0.4 is 10.6 Å². The normalized spacial score (nSPS) is 19.4. The summed E-state index contributed by atoms with van der Waals surface area (Å²) in [6.07, 6.45) is 2.19. The van der Waals surface area contributed by atoms with E-state index in [2.05, 4.69) is 15.8 Å². The van der Waals surface area contributed by atoms with E-state index in [1.807, 2.05) is 20.8 Å². The highest BCUT2D eigenvalue weighted by molar-refractivity contribution is 5.88. The van der Waals surface area contributed by atoms with Crippen LogP contribution >= 0.6 is 0 Å². The molecule has 0 bridgehead atoms. The fraction of sp³-hybridized carbons (Fsp3) is 0.692. The summed E-state index contributed by atoms with van der Waals surface area (Å²) < 4.78 is 10.6. The molecule has 1 aliphatic rings. The molecule has 1 atom stereocenters. The van der Waals surface area contributed by atoms with Crippen LogP contribution in [0.4, 0.5) is 10.6 Å². The van der Waals surface area contributed by atoms with Gasteiger partial charge in [0.2, 0.25) is 0 Å². The molecule has 1 aliphatic heterocycles. The third kappa shape index (κ3) is 3.96. The maximum absolute atomic E-state index is 11.7. The Bertz CT molecular complexity index is 431. The molecule has 0 aliphatic carbocycles. The van der Waals surface area contributed by atoms with E-state index >= 15 is 0 Å². The number of amides is 2. The molecule has 2 heterocycles. The van der Waals surface area contributed by atoms with Gasteiger partial charge in [-0.05, 0) is 12.8 Å². The molecule has 0 aromatic carbocycles. The van der Waals surface area contributed by atoms with Crippen molar-refractivity contribution in [3.8, 4) is 0 Å². The summed E-state index contributed by atoms with van der Waals surface area (Å²) >= 11 is 0. The molecule has 0 spiro atoms. The second-order valence-corrected chi connectivity index (χ2v) is 5.80. The SMILES string of the molecule is CC(C)(C)c1cc(NC(=O)NCC2CCCO2)no1. The fourth-order valence-electron chi connectivity index (χ4n) is 1.86. The zero-order chi connectivity index (χ0) is 13.9. The van der Waals surface area contributed by atoms with Crippen LogP contribution in [0, 0.1) is 0 Å². The quantitative estimate of drug-likeness (QED) is 0.880. The van der Waals surface area contributed by atoms with E-state index in [0.717, 1.165) is 25.2 Å². The molecule has 19 heavy (non-hydrogen) atoms. The van der Waals surface area contributed by atoms with Crippen LogP contribution in [-0.2, 0) is 10.2 Å². The van der Waals surface area contributed by atoms with E-state index < -0.39 is 0 Å². The average molecular weight is 267 g/mol. The van der Waals surface area contributed by atoms with Gasteiger partial charge in [-0.15, -0.1) is 0 Å². The fourth-order valence-corrected chi connectivity index (χ4v) is 1.86. The number of carbonyl (C=O) groups excluding carboxylic acids is 1. The molecule has 1 aromatic heterocycles. The maximum Gasteiger partial charge on any atom is 0.320 e. The minimum atomic E-state index is -0.288. The van der Waals surface area contributed by atoms with Gasteiger partial charge in [-0.1, -0.05) is 25.9 Å². The second kappa shape index (κ2) is 5.61. The molecule has 2 amide bonds. The first kappa shape index (κ1) is 13.9. The molecule has 0 saturated carbocycles. The largest absolute Gasteiger partial charge is 0.376 e. The van der Waals surface area contributed by atoms with Crippen molar-refractivity contribution < 1.29 is 14.1 Å². The lowest BCUT2D eigenvalue weighted by Crippen LogP contribution is -2.35. The number of aromatic nitrogens is 1. The molecule has 6 heteroatoms. The molecule has 1 fully saturated rings. The van der Waals surface area contributed by atoms with Gasteiger partial charge in [-0.2, -0.15) is 0 Å². The van der Waals surface area contributed by atoms with Gasteiger partial charge in [0.05, 0.1) is 6.10 Å². The zero-order valence-electron chi connectivity index (χ0n) is 11.7. The predicted molar refractivity (Wildman–Crippen MR) is 71.2 cm³/mol. The molecule has 1 unspecified atom stereocenters. The first-order valence-corrected chi connectivity index (χ1v) is 6.59. The second-order valence-electron chi connectivity index (χ2n) is 5.80. The predicted octanol–water partition coefficient (Wildman–Crippen LogP) is 2.27. The third-order valence-electron chi connectivity index (χ3n) is 3.01. The Balaban J connectivity index is 1.80. The Hall–Kier alpha value is -1.56. The average Bonchev–Trinajstić information content (AvgIpc) is 2.95. The topological polar surface area (TPSA) is 76.4 Å². The van der Waals surface area contributed by atoms with Gasteiger partial charge in [0.1, 0.15) is 5.76 Å². The van der Waals surface area contributed by atoms with Crippen LogP contribution in [0.2, 0.25) is 0 Å². The van der Waals surface area contributed by atoms with Crippen molar-refractivity contribution in [2.45, 2.75) is 45.1 Å². The number of carbonyl (C=O) groups is 1.